The number of thiocarbonyl (C=S) groups is 1. The van der Waals surface area contributed by atoms with Crippen molar-refractivity contribution in [1.29, 1.82) is 0 Å². The van der Waals surface area contributed by atoms with Crippen LogP contribution in [0.3, 0.4) is 0 Å². The molecule has 6 heteroatoms. The van der Waals surface area contributed by atoms with Crippen molar-refractivity contribution in [2.24, 2.45) is 0 Å². The number of para-hydroxylation sites is 1. The van der Waals surface area contributed by atoms with Gasteiger partial charge < -0.3 is 14.5 Å². The molecular weight excluding hydrogens is 343 g/mol. The maximum absolute atomic E-state index is 6.14. The van der Waals surface area contributed by atoms with Gasteiger partial charge in [0.05, 0.1) is 12.1 Å². The number of aryl methyl sites for hydroxylation is 1. The van der Waals surface area contributed by atoms with Gasteiger partial charge in [0.25, 0.3) is 0 Å². The van der Waals surface area contributed by atoms with Gasteiger partial charge in [0.2, 0.25) is 0 Å². The lowest BCUT2D eigenvalue weighted by atomic mass is 10.2. The minimum absolute atomic E-state index is 0.831. The van der Waals surface area contributed by atoms with Gasteiger partial charge in [0.15, 0.2) is 6.34 Å². The van der Waals surface area contributed by atoms with E-state index in [4.69, 9.17) is 28.8 Å². The molecule has 1 fully saturated rings. The molecule has 120 valence electrons. The second-order valence-corrected chi connectivity index (χ2v) is 9.92. The zero-order valence-electron chi connectivity index (χ0n) is 13.2. The van der Waals surface area contributed by atoms with Crippen LogP contribution in [0.25, 0.3) is 0 Å². The Labute approximate surface area is 147 Å². The maximum atomic E-state index is 6.14. The lowest BCUT2D eigenvalue weighted by molar-refractivity contribution is 0.415. The number of methoxy groups -OCH3 is 1. The van der Waals surface area contributed by atoms with Gasteiger partial charge in [-0.25, -0.2) is 0 Å². The molecule has 0 aliphatic carbocycles. The first-order valence-electron chi connectivity index (χ1n) is 7.44. The Balaban J connectivity index is 2.08. The summed E-state index contributed by atoms with van der Waals surface area (Å²) in [6.07, 6.45) is -1.36. The van der Waals surface area contributed by atoms with E-state index in [2.05, 4.69) is 40.9 Å². The zero-order valence-corrected chi connectivity index (χ0v) is 15.7. The molecular formula is C17H19N2OPS2. The van der Waals surface area contributed by atoms with E-state index in [9.17, 15) is 0 Å². The molecule has 1 heterocycles. The number of benzene rings is 2. The number of rotatable bonds is 3. The van der Waals surface area contributed by atoms with Crippen molar-refractivity contribution in [3.63, 3.8) is 0 Å². The fourth-order valence-electron chi connectivity index (χ4n) is 2.75. The van der Waals surface area contributed by atoms with Gasteiger partial charge in [-0.15, -0.1) is 0 Å². The van der Waals surface area contributed by atoms with Gasteiger partial charge in [-0.1, -0.05) is 30.4 Å². The van der Waals surface area contributed by atoms with E-state index in [0.29, 0.717) is 0 Å². The summed E-state index contributed by atoms with van der Waals surface area (Å²) in [5.74, 6) is 0.831. The first-order chi connectivity index (χ1) is 11.0. The number of nitrogens with one attached hydrogen (secondary N) is 1. The van der Waals surface area contributed by atoms with Crippen molar-refractivity contribution in [3.05, 3.63) is 54.1 Å². The van der Waals surface area contributed by atoms with Crippen LogP contribution in [-0.2, 0) is 11.8 Å². The van der Waals surface area contributed by atoms with Crippen LogP contribution in [0.5, 0.6) is 5.75 Å². The second-order valence-electron chi connectivity index (χ2n) is 5.47. The molecule has 1 saturated heterocycles. The predicted octanol–water partition coefficient (Wildman–Crippen LogP) is 3.77. The topological polar surface area (TPSA) is 24.5 Å². The third kappa shape index (κ3) is 3.14. The van der Waals surface area contributed by atoms with Crippen LogP contribution in [-0.4, -0.2) is 18.6 Å². The third-order valence-electron chi connectivity index (χ3n) is 3.98. The Morgan fingerprint density at radius 1 is 1.13 bits per heavy atom. The van der Waals surface area contributed by atoms with E-state index in [1.165, 1.54) is 11.3 Å². The minimum Gasteiger partial charge on any atom is -0.497 e. The largest absolute Gasteiger partial charge is 0.497 e. The average Bonchev–Trinajstić information content (AvgIpc) is 2.56. The van der Waals surface area contributed by atoms with Gasteiger partial charge in [-0.2, -0.15) is 0 Å². The fraction of sp³-hybridized carbons (Fsp3) is 0.235. The average molecular weight is 362 g/mol. The summed E-state index contributed by atoms with van der Waals surface area (Å²) in [4.78, 5) is 0.856. The third-order valence-corrected chi connectivity index (χ3v) is 8.60. The summed E-state index contributed by atoms with van der Waals surface area (Å²) < 4.78 is 7.59. The van der Waals surface area contributed by atoms with Crippen LogP contribution in [0, 0.1) is 6.92 Å². The zero-order chi connectivity index (χ0) is 16.4. The van der Waals surface area contributed by atoms with Crippen molar-refractivity contribution in [2.45, 2.75) is 13.3 Å². The van der Waals surface area contributed by atoms with Crippen molar-refractivity contribution < 1.29 is 4.74 Å². The van der Waals surface area contributed by atoms with Crippen molar-refractivity contribution in [3.8, 4) is 5.75 Å². The molecule has 0 amide bonds. The molecule has 0 spiro atoms. The predicted molar refractivity (Wildman–Crippen MR) is 106 cm³/mol. The molecule has 0 saturated carbocycles. The van der Waals surface area contributed by atoms with Gasteiger partial charge in [0.1, 0.15) is 5.75 Å². The molecule has 1 unspecified atom stereocenters. The number of nitrogens with zero attached hydrogens (tertiary/aromatic N) is 1. The molecule has 1 N–H and O–H groups in total. The highest BCUT2D eigenvalue weighted by atomic mass is 32.4. The summed E-state index contributed by atoms with van der Waals surface area (Å²) >= 11 is 11.6. The van der Waals surface area contributed by atoms with Crippen LogP contribution < -0.4 is 19.8 Å². The van der Waals surface area contributed by atoms with Crippen LogP contribution >= 0.6 is 18.6 Å². The summed E-state index contributed by atoms with van der Waals surface area (Å²) in [6.45, 7) is 2.97. The van der Waals surface area contributed by atoms with Crippen molar-refractivity contribution in [1.82, 2.24) is 5.09 Å². The van der Waals surface area contributed by atoms with E-state index < -0.39 is 6.34 Å². The molecule has 3 rings (SSSR count). The molecule has 1 aliphatic heterocycles. The van der Waals surface area contributed by atoms with Crippen molar-refractivity contribution in [2.75, 3.05) is 18.3 Å². The van der Waals surface area contributed by atoms with Gasteiger partial charge in [-0.3, -0.25) is 0 Å². The molecule has 3 nitrogen and oxygen atoms in total. The minimum atomic E-state index is -2.19. The first-order valence-corrected chi connectivity index (χ1v) is 10.6. The summed E-state index contributed by atoms with van der Waals surface area (Å²) in [6, 6.07) is 16.4. The van der Waals surface area contributed by atoms with E-state index in [0.717, 1.165) is 29.0 Å². The smallest absolute Gasteiger partial charge is 0.151 e. The molecule has 23 heavy (non-hydrogen) atoms. The molecule has 1 atom stereocenters. The van der Waals surface area contributed by atoms with Crippen LogP contribution in [0.2, 0.25) is 0 Å². The van der Waals surface area contributed by atoms with E-state index in [1.54, 1.807) is 7.11 Å². The van der Waals surface area contributed by atoms with E-state index in [-0.39, 0.29) is 0 Å². The molecule has 0 bridgehead atoms. The molecule has 1 aliphatic rings. The number of hydrogen-bond acceptors (Lipinski definition) is 3. The van der Waals surface area contributed by atoms with Gasteiger partial charge in [-0.05, 0) is 54.6 Å². The highest BCUT2D eigenvalue weighted by Gasteiger charge is 2.33. The monoisotopic (exact) mass is 362 g/mol. The van der Waals surface area contributed by atoms with Crippen LogP contribution in [0.15, 0.2) is 48.5 Å². The van der Waals surface area contributed by atoms with Crippen LogP contribution in [0.4, 0.5) is 5.69 Å². The van der Waals surface area contributed by atoms with E-state index in [1.807, 2.05) is 24.3 Å². The van der Waals surface area contributed by atoms with Crippen molar-refractivity contribution >= 4 is 46.3 Å². The Bertz CT molecular complexity index is 776. The quantitative estimate of drug-likeness (QED) is 0.662. The number of ether oxygens (including phenoxy) is 1. The lowest BCUT2D eigenvalue weighted by Gasteiger charge is -2.42. The lowest BCUT2D eigenvalue weighted by Crippen LogP contribution is -2.43. The van der Waals surface area contributed by atoms with Crippen LogP contribution in [0.1, 0.15) is 12.0 Å². The highest BCUT2D eigenvalue weighted by molar-refractivity contribution is 8.18. The maximum Gasteiger partial charge on any atom is 0.151 e. The molecule has 0 radical (unpaired) electrons. The second kappa shape index (κ2) is 6.60. The fourth-order valence-corrected chi connectivity index (χ4v) is 7.05. The summed E-state index contributed by atoms with van der Waals surface area (Å²) in [5.41, 5.74) is 2.41. The summed E-state index contributed by atoms with van der Waals surface area (Å²) in [7, 11) is 1.67. The van der Waals surface area contributed by atoms with Gasteiger partial charge in [0, 0.05) is 24.0 Å². The van der Waals surface area contributed by atoms with E-state index >= 15 is 0 Å². The molecule has 0 aromatic heterocycles. The Morgan fingerprint density at radius 3 is 2.48 bits per heavy atom. The Kier molecular flexibility index (Phi) is 4.72. The molecule has 2 aromatic carbocycles. The summed E-state index contributed by atoms with van der Waals surface area (Å²) in [5, 5.41) is 4.56. The first kappa shape index (κ1) is 16.4. The van der Waals surface area contributed by atoms with Gasteiger partial charge >= 0.3 is 0 Å². The standard InChI is InChI=1S/C17H19N2OPS2/c1-13-5-3-4-6-16(13)19-12-11-17(22)18-21(19,23)15-9-7-14(20-2)8-10-15/h3-10H,11-12H2,1-2H3,(H,18,22,23). The Morgan fingerprint density at radius 2 is 1.83 bits per heavy atom. The Hall–Kier alpha value is -1.42. The number of anilines is 1. The normalized spacial score (nSPS) is 21.0. The highest BCUT2D eigenvalue weighted by Crippen LogP contribution is 2.50. The number of hydrogen-bond donors (Lipinski definition) is 1. The SMILES string of the molecule is COc1ccc(P2(=S)NC(=S)CCN2c2ccccc2C)cc1. The molecule has 2 aromatic rings.